The lowest BCUT2D eigenvalue weighted by molar-refractivity contribution is -0.142. The second kappa shape index (κ2) is 20.1. The lowest BCUT2D eigenvalue weighted by Gasteiger charge is -2.10. The van der Waals surface area contributed by atoms with E-state index in [4.69, 9.17) is 28.4 Å². The second-order valence-corrected chi connectivity index (χ2v) is 10.0. The third-order valence-electron chi connectivity index (χ3n) is 6.14. The Hall–Kier alpha value is -6.51. The van der Waals surface area contributed by atoms with Crippen molar-refractivity contribution >= 4 is 36.6 Å². The summed E-state index contributed by atoms with van der Waals surface area (Å²) >= 11 is 0. The predicted octanol–water partition coefficient (Wildman–Crippen LogP) is 5.19. The van der Waals surface area contributed by atoms with Gasteiger partial charge in [0, 0.05) is 18.6 Å². The summed E-state index contributed by atoms with van der Waals surface area (Å²) in [5.74, 6) is -0.0284. The topological polar surface area (TPSA) is 182 Å². The van der Waals surface area contributed by atoms with Gasteiger partial charge in [0.1, 0.15) is 36.9 Å². The van der Waals surface area contributed by atoms with Crippen LogP contribution in [0.4, 0.5) is 0 Å². The van der Waals surface area contributed by atoms with Crippen molar-refractivity contribution in [3.8, 4) is 35.3 Å². The monoisotopic (exact) mass is 696 g/mol. The Labute approximate surface area is 294 Å². The highest BCUT2D eigenvalue weighted by molar-refractivity contribution is 5.84. The minimum atomic E-state index is -0.411. The molecule has 3 aromatic carbocycles. The average Bonchev–Trinajstić information content (AvgIpc) is 3.11. The summed E-state index contributed by atoms with van der Waals surface area (Å²) in [6.07, 6.45) is 4.66. The van der Waals surface area contributed by atoms with Gasteiger partial charge in [-0.25, -0.2) is 0 Å². The highest BCUT2D eigenvalue weighted by atomic mass is 16.5. The lowest BCUT2D eigenvalue weighted by atomic mass is 10.2. The highest BCUT2D eigenvalue weighted by Crippen LogP contribution is 2.27. The van der Waals surface area contributed by atoms with Gasteiger partial charge >= 0.3 is 35.9 Å². The van der Waals surface area contributed by atoms with Crippen LogP contribution in [0, 0.1) is 0 Å². The molecule has 4 rings (SSSR count). The van der Waals surface area contributed by atoms with Gasteiger partial charge in [-0.15, -0.1) is 15.0 Å². The Morgan fingerprint density at radius 3 is 0.961 bits per heavy atom. The molecular formula is C36H36N6O9. The van der Waals surface area contributed by atoms with Crippen LogP contribution in [0.15, 0.2) is 87.8 Å². The second-order valence-electron chi connectivity index (χ2n) is 10.0. The summed E-state index contributed by atoms with van der Waals surface area (Å²) in [4.78, 5) is 59.7. The number of benzene rings is 3. The lowest BCUT2D eigenvalue weighted by Crippen LogP contribution is -2.07. The summed E-state index contributed by atoms with van der Waals surface area (Å²) in [7, 11) is 0. The number of aromatic nitrogens is 3. The number of nitrogens with zero attached hydrogens (tertiary/aromatic N) is 6. The van der Waals surface area contributed by atoms with E-state index in [0.29, 0.717) is 37.1 Å². The fraction of sp³-hybridized carbons (Fsp3) is 0.250. The molecule has 51 heavy (non-hydrogen) atoms. The molecule has 0 aliphatic carbocycles. The number of hydrogen-bond donors (Lipinski definition) is 0. The Kier molecular flexibility index (Phi) is 14.7. The van der Waals surface area contributed by atoms with E-state index < -0.39 is 17.9 Å². The number of carbonyl (C=O) groups excluding carboxylic acids is 3. The van der Waals surface area contributed by atoms with Gasteiger partial charge in [-0.2, -0.15) is 0 Å². The molecule has 0 unspecified atom stereocenters. The van der Waals surface area contributed by atoms with Crippen molar-refractivity contribution < 1.29 is 42.8 Å². The van der Waals surface area contributed by atoms with Crippen LogP contribution < -0.4 is 14.2 Å². The molecule has 0 amide bonds. The summed E-state index contributed by atoms with van der Waals surface area (Å²) in [5.41, 5.74) is 2.21. The molecule has 0 N–H and O–H groups in total. The van der Waals surface area contributed by atoms with Crippen LogP contribution >= 0.6 is 0 Å². The van der Waals surface area contributed by atoms with Crippen molar-refractivity contribution in [1.82, 2.24) is 15.0 Å². The van der Waals surface area contributed by atoms with Crippen LogP contribution in [0.25, 0.3) is 0 Å². The van der Waals surface area contributed by atoms with Crippen molar-refractivity contribution in [2.75, 3.05) is 39.5 Å². The van der Waals surface area contributed by atoms with Crippen molar-refractivity contribution in [3.05, 3.63) is 89.5 Å². The molecule has 1 aromatic heterocycles. The van der Waals surface area contributed by atoms with Gasteiger partial charge in [0.15, 0.2) is 0 Å². The Morgan fingerprint density at radius 2 is 0.725 bits per heavy atom. The number of rotatable bonds is 18. The Balaban J connectivity index is 1.49. The van der Waals surface area contributed by atoms with Gasteiger partial charge in [0.05, 0.1) is 19.8 Å². The maximum atomic E-state index is 11.5. The molecule has 0 bridgehead atoms. The molecule has 0 aliphatic heterocycles. The van der Waals surface area contributed by atoms with E-state index in [9.17, 15) is 14.4 Å². The molecule has 0 saturated heterocycles. The van der Waals surface area contributed by atoms with Crippen LogP contribution in [0.5, 0.6) is 35.3 Å². The molecule has 264 valence electrons. The van der Waals surface area contributed by atoms with Crippen molar-refractivity contribution in [3.63, 3.8) is 0 Å². The average molecular weight is 697 g/mol. The minimum Gasteiger partial charge on any atom is -0.465 e. The molecule has 0 saturated carbocycles. The third-order valence-corrected chi connectivity index (χ3v) is 6.14. The standard InChI is InChI=1S/C36H36N6O9/c1-4-46-31(43)22-37-19-25-7-13-28(14-8-25)49-34-40-35(50-29-15-9-26(10-16-29)20-38-23-32(44)47-5-2)42-36(41-34)51-30-17-11-27(12-18-30)21-39-24-33(45)48-6-3/h7-21H,4-6,22-24H2,1-3H3. The van der Waals surface area contributed by atoms with E-state index in [1.54, 1.807) is 112 Å². The summed E-state index contributed by atoms with van der Waals surface area (Å²) in [6, 6.07) is 20.2. The van der Waals surface area contributed by atoms with Crippen LogP contribution in [-0.4, -0.2) is 91.0 Å². The normalized spacial score (nSPS) is 11.1. The number of aliphatic imine (C=N–C) groups is 3. The fourth-order valence-electron chi connectivity index (χ4n) is 3.94. The molecule has 0 aliphatic rings. The molecule has 0 atom stereocenters. The van der Waals surface area contributed by atoms with Crippen LogP contribution in [0.3, 0.4) is 0 Å². The van der Waals surface area contributed by atoms with Crippen molar-refractivity contribution in [1.29, 1.82) is 0 Å². The Bertz CT molecular complexity index is 1600. The Morgan fingerprint density at radius 1 is 0.471 bits per heavy atom. The zero-order chi connectivity index (χ0) is 36.3. The predicted molar refractivity (Wildman–Crippen MR) is 187 cm³/mol. The van der Waals surface area contributed by atoms with Gasteiger partial charge in [-0.1, -0.05) is 0 Å². The molecule has 15 heteroatoms. The van der Waals surface area contributed by atoms with Crippen LogP contribution in [0.1, 0.15) is 37.5 Å². The minimum absolute atomic E-state index is 0.0832. The van der Waals surface area contributed by atoms with E-state index in [2.05, 4.69) is 29.9 Å². The number of ether oxygens (including phenoxy) is 6. The van der Waals surface area contributed by atoms with Gasteiger partial charge in [-0.3, -0.25) is 29.4 Å². The first-order chi connectivity index (χ1) is 24.8. The first-order valence-corrected chi connectivity index (χ1v) is 15.9. The van der Waals surface area contributed by atoms with Gasteiger partial charge < -0.3 is 28.4 Å². The molecule has 15 nitrogen and oxygen atoms in total. The van der Waals surface area contributed by atoms with Crippen molar-refractivity contribution in [2.45, 2.75) is 20.8 Å². The van der Waals surface area contributed by atoms with Crippen LogP contribution in [-0.2, 0) is 28.6 Å². The number of hydrogen-bond acceptors (Lipinski definition) is 15. The van der Waals surface area contributed by atoms with E-state index in [-0.39, 0.29) is 37.7 Å². The fourth-order valence-corrected chi connectivity index (χ4v) is 3.94. The van der Waals surface area contributed by atoms with E-state index in [1.807, 2.05) is 0 Å². The van der Waals surface area contributed by atoms with Gasteiger partial charge in [0.25, 0.3) is 0 Å². The zero-order valence-corrected chi connectivity index (χ0v) is 28.3. The summed E-state index contributed by atoms with van der Waals surface area (Å²) < 4.78 is 32.4. The molecule has 0 radical (unpaired) electrons. The van der Waals surface area contributed by atoms with E-state index >= 15 is 0 Å². The molecular weight excluding hydrogens is 660 g/mol. The van der Waals surface area contributed by atoms with Crippen LogP contribution in [0.2, 0.25) is 0 Å². The van der Waals surface area contributed by atoms with E-state index in [0.717, 1.165) is 16.7 Å². The number of carbonyl (C=O) groups is 3. The SMILES string of the molecule is CCOC(=O)CN=Cc1ccc(Oc2nc(Oc3ccc(C=NCC(=O)OCC)cc3)nc(Oc3ccc(C=NCC(=O)OCC)cc3)n2)cc1. The number of esters is 3. The van der Waals surface area contributed by atoms with E-state index in [1.165, 1.54) is 0 Å². The van der Waals surface area contributed by atoms with Gasteiger partial charge in [-0.05, 0) is 110 Å². The largest absolute Gasteiger partial charge is 0.465 e. The molecule has 1 heterocycles. The highest BCUT2D eigenvalue weighted by Gasteiger charge is 2.13. The first kappa shape index (κ1) is 37.3. The summed E-state index contributed by atoms with van der Waals surface area (Å²) in [5, 5.41) is 0. The molecule has 0 spiro atoms. The maximum Gasteiger partial charge on any atom is 0.331 e. The van der Waals surface area contributed by atoms with Crippen molar-refractivity contribution in [2.24, 2.45) is 15.0 Å². The maximum absolute atomic E-state index is 11.5. The third kappa shape index (κ3) is 13.5. The molecule has 0 fully saturated rings. The molecule has 4 aromatic rings. The first-order valence-electron chi connectivity index (χ1n) is 15.9. The zero-order valence-electron chi connectivity index (χ0n) is 28.3. The smallest absolute Gasteiger partial charge is 0.331 e. The van der Waals surface area contributed by atoms with Gasteiger partial charge in [0.2, 0.25) is 0 Å². The quantitative estimate of drug-likeness (QED) is 0.0755. The summed E-state index contributed by atoms with van der Waals surface area (Å²) in [6.45, 7) is 5.82.